The number of fused-ring (bicyclic) bond motifs is 1. The first-order valence-electron chi connectivity index (χ1n) is 7.93. The van der Waals surface area contributed by atoms with Crippen LogP contribution >= 0.6 is 23.8 Å². The summed E-state index contributed by atoms with van der Waals surface area (Å²) in [5.41, 5.74) is 2.19. The highest BCUT2D eigenvalue weighted by atomic mass is 35.5. The van der Waals surface area contributed by atoms with Gasteiger partial charge in [0, 0.05) is 38.0 Å². The van der Waals surface area contributed by atoms with Crippen LogP contribution in [-0.2, 0) is 23.2 Å². The maximum atomic E-state index is 6.17. The number of benzene rings is 1. The zero-order chi connectivity index (χ0) is 16.0. The number of halogens is 1. The Morgan fingerprint density at radius 1 is 1.17 bits per heavy atom. The van der Waals surface area contributed by atoms with Crippen LogP contribution in [0.5, 0.6) is 0 Å². The number of hydrogen-bond donors (Lipinski definition) is 0. The Labute approximate surface area is 145 Å². The van der Waals surface area contributed by atoms with Crippen LogP contribution in [0.25, 0.3) is 11.0 Å². The van der Waals surface area contributed by atoms with E-state index in [2.05, 4.69) is 9.47 Å². The van der Waals surface area contributed by atoms with Crippen molar-refractivity contribution in [3.8, 4) is 0 Å². The Hall–Kier alpha value is -0.920. The van der Waals surface area contributed by atoms with E-state index in [0.717, 1.165) is 53.4 Å². The van der Waals surface area contributed by atoms with Gasteiger partial charge in [0.2, 0.25) is 0 Å². The zero-order valence-corrected chi connectivity index (χ0v) is 14.7. The lowest BCUT2D eigenvalue weighted by molar-refractivity contribution is -0.187. The smallest absolute Gasteiger partial charge is 0.181 e. The number of aromatic nitrogens is 2. The van der Waals surface area contributed by atoms with Crippen LogP contribution in [0.15, 0.2) is 18.2 Å². The molecule has 1 aromatic carbocycles. The Balaban J connectivity index is 1.58. The van der Waals surface area contributed by atoms with E-state index in [1.165, 1.54) is 0 Å². The van der Waals surface area contributed by atoms with Gasteiger partial charge in [0.1, 0.15) is 0 Å². The minimum atomic E-state index is -0.333. The molecule has 1 spiro atoms. The fraction of sp³-hybridized carbons (Fsp3) is 0.562. The summed E-state index contributed by atoms with van der Waals surface area (Å²) in [6.45, 7) is 4.09. The number of aryl methyl sites for hydroxylation is 1. The molecule has 23 heavy (non-hydrogen) atoms. The van der Waals surface area contributed by atoms with Crippen molar-refractivity contribution in [3.63, 3.8) is 0 Å². The van der Waals surface area contributed by atoms with Gasteiger partial charge in [0.05, 0.1) is 30.9 Å². The number of imidazole rings is 1. The largest absolute Gasteiger partial charge is 0.347 e. The summed E-state index contributed by atoms with van der Waals surface area (Å²) < 4.78 is 16.6. The highest BCUT2D eigenvalue weighted by molar-refractivity contribution is 7.71. The quantitative estimate of drug-likeness (QED) is 0.776. The minimum absolute atomic E-state index is 0.333. The van der Waals surface area contributed by atoms with E-state index >= 15 is 0 Å². The van der Waals surface area contributed by atoms with Gasteiger partial charge in [-0.05, 0) is 30.4 Å². The van der Waals surface area contributed by atoms with Gasteiger partial charge in [-0.15, -0.1) is 0 Å². The summed E-state index contributed by atoms with van der Waals surface area (Å²) >= 11 is 11.8. The summed E-state index contributed by atoms with van der Waals surface area (Å²) in [6.07, 6.45) is 1.82. The minimum Gasteiger partial charge on any atom is -0.347 e. The van der Waals surface area contributed by atoms with Gasteiger partial charge in [0.15, 0.2) is 10.6 Å². The van der Waals surface area contributed by atoms with E-state index in [9.17, 15) is 0 Å². The average molecular weight is 354 g/mol. The molecule has 0 amide bonds. The molecular weight excluding hydrogens is 334 g/mol. The van der Waals surface area contributed by atoms with Crippen LogP contribution in [0.4, 0.5) is 0 Å². The molecule has 0 N–H and O–H groups in total. The fourth-order valence-corrected chi connectivity index (χ4v) is 3.96. The summed E-state index contributed by atoms with van der Waals surface area (Å²) in [7, 11) is 2.00. The second-order valence-corrected chi connectivity index (χ2v) is 7.07. The third-order valence-corrected chi connectivity index (χ3v) is 5.61. The standard InChI is InChI=1S/C16H20ClN3O2S/c1-18-13-3-2-12(17)10-14(13)20(15(18)23)11-19-6-4-16(5-7-19)21-8-9-22-16/h2-3,10H,4-9,11H2,1H3. The van der Waals surface area contributed by atoms with Gasteiger partial charge < -0.3 is 18.6 Å². The molecule has 2 aromatic rings. The summed E-state index contributed by atoms with van der Waals surface area (Å²) in [4.78, 5) is 2.40. The van der Waals surface area contributed by atoms with Crippen molar-refractivity contribution in [2.75, 3.05) is 26.3 Å². The van der Waals surface area contributed by atoms with Gasteiger partial charge in [-0.1, -0.05) is 11.6 Å². The molecule has 2 fully saturated rings. The van der Waals surface area contributed by atoms with Crippen LogP contribution < -0.4 is 0 Å². The molecule has 4 rings (SSSR count). The van der Waals surface area contributed by atoms with E-state index in [1.807, 2.05) is 29.8 Å². The number of hydrogen-bond acceptors (Lipinski definition) is 4. The molecule has 124 valence electrons. The van der Waals surface area contributed by atoms with E-state index < -0.39 is 0 Å². The third kappa shape index (κ3) is 2.72. The molecule has 0 radical (unpaired) electrons. The zero-order valence-electron chi connectivity index (χ0n) is 13.1. The molecule has 2 saturated heterocycles. The summed E-state index contributed by atoms with van der Waals surface area (Å²) in [5, 5.41) is 0.734. The molecular formula is C16H20ClN3O2S. The van der Waals surface area contributed by atoms with Gasteiger partial charge in [0.25, 0.3) is 0 Å². The first-order valence-corrected chi connectivity index (χ1v) is 8.72. The van der Waals surface area contributed by atoms with Crippen molar-refractivity contribution in [2.24, 2.45) is 7.05 Å². The monoisotopic (exact) mass is 353 g/mol. The van der Waals surface area contributed by atoms with Gasteiger partial charge in [-0.25, -0.2) is 0 Å². The lowest BCUT2D eigenvalue weighted by atomic mass is 10.0. The van der Waals surface area contributed by atoms with Gasteiger partial charge in [-0.3, -0.25) is 4.90 Å². The highest BCUT2D eigenvalue weighted by Crippen LogP contribution is 2.32. The highest BCUT2D eigenvalue weighted by Gasteiger charge is 2.39. The molecule has 0 unspecified atom stereocenters. The van der Waals surface area contributed by atoms with Crippen LogP contribution in [0.1, 0.15) is 12.8 Å². The van der Waals surface area contributed by atoms with Crippen LogP contribution in [-0.4, -0.2) is 46.1 Å². The molecule has 5 nitrogen and oxygen atoms in total. The van der Waals surface area contributed by atoms with E-state index in [4.69, 9.17) is 33.3 Å². The number of likely N-dealkylation sites (tertiary alicyclic amines) is 1. The SMILES string of the molecule is Cn1c(=S)n(CN2CCC3(CC2)OCCO3)c2cc(Cl)ccc21. The summed E-state index contributed by atoms with van der Waals surface area (Å²) in [5.74, 6) is -0.333. The maximum Gasteiger partial charge on any atom is 0.181 e. The lowest BCUT2D eigenvalue weighted by Crippen LogP contribution is -2.45. The topological polar surface area (TPSA) is 31.6 Å². The maximum absolute atomic E-state index is 6.17. The van der Waals surface area contributed by atoms with Crippen molar-refractivity contribution in [2.45, 2.75) is 25.3 Å². The molecule has 2 aliphatic rings. The Kier molecular flexibility index (Phi) is 3.98. The Morgan fingerprint density at radius 3 is 2.57 bits per heavy atom. The lowest BCUT2D eigenvalue weighted by Gasteiger charge is -2.37. The first kappa shape index (κ1) is 15.6. The normalized spacial score (nSPS) is 21.5. The van der Waals surface area contributed by atoms with Crippen molar-refractivity contribution in [1.29, 1.82) is 0 Å². The second-order valence-electron chi connectivity index (χ2n) is 6.27. The number of nitrogens with zero attached hydrogens (tertiary/aromatic N) is 3. The Bertz CT molecular complexity index is 784. The van der Waals surface area contributed by atoms with Crippen molar-refractivity contribution in [3.05, 3.63) is 28.0 Å². The van der Waals surface area contributed by atoms with E-state index in [1.54, 1.807) is 0 Å². The number of ether oxygens (including phenoxy) is 2. The third-order valence-electron chi connectivity index (χ3n) is 4.88. The molecule has 3 heterocycles. The van der Waals surface area contributed by atoms with E-state index in [0.29, 0.717) is 13.2 Å². The summed E-state index contributed by atoms with van der Waals surface area (Å²) in [6, 6.07) is 5.92. The number of piperidine rings is 1. The van der Waals surface area contributed by atoms with Gasteiger partial charge in [-0.2, -0.15) is 0 Å². The average Bonchev–Trinajstić information content (AvgIpc) is 3.09. The molecule has 0 aliphatic carbocycles. The predicted octanol–water partition coefficient (Wildman–Crippen LogP) is 3.16. The first-order chi connectivity index (χ1) is 11.1. The van der Waals surface area contributed by atoms with Crippen molar-refractivity contribution < 1.29 is 9.47 Å². The molecule has 2 aliphatic heterocycles. The fourth-order valence-electron chi connectivity index (χ4n) is 3.54. The van der Waals surface area contributed by atoms with Crippen molar-refractivity contribution in [1.82, 2.24) is 14.0 Å². The van der Waals surface area contributed by atoms with Crippen LogP contribution in [0.3, 0.4) is 0 Å². The van der Waals surface area contributed by atoms with Crippen molar-refractivity contribution >= 4 is 34.9 Å². The number of rotatable bonds is 2. The molecule has 7 heteroatoms. The van der Waals surface area contributed by atoms with Gasteiger partial charge >= 0.3 is 0 Å². The van der Waals surface area contributed by atoms with E-state index in [-0.39, 0.29) is 5.79 Å². The molecule has 0 atom stereocenters. The Morgan fingerprint density at radius 2 is 1.87 bits per heavy atom. The molecule has 0 bridgehead atoms. The molecule has 1 aromatic heterocycles. The van der Waals surface area contributed by atoms with Crippen LogP contribution in [0, 0.1) is 4.77 Å². The predicted molar refractivity (Wildman–Crippen MR) is 92.2 cm³/mol. The molecule has 0 saturated carbocycles. The van der Waals surface area contributed by atoms with Crippen LogP contribution in [0.2, 0.25) is 5.02 Å². The second kappa shape index (κ2) is 5.86.